The first-order valence-electron chi connectivity index (χ1n) is 8.03. The molecule has 2 aromatic rings. The highest BCUT2D eigenvalue weighted by molar-refractivity contribution is 6.30. The van der Waals surface area contributed by atoms with Gasteiger partial charge in [0, 0.05) is 26.2 Å². The van der Waals surface area contributed by atoms with E-state index < -0.39 is 0 Å². The molecule has 1 fully saturated rings. The molecule has 1 amide bonds. The van der Waals surface area contributed by atoms with Crippen molar-refractivity contribution in [3.8, 4) is 0 Å². The van der Waals surface area contributed by atoms with Crippen LogP contribution >= 0.6 is 11.6 Å². The summed E-state index contributed by atoms with van der Waals surface area (Å²) >= 11 is 5.85. The zero-order valence-electron chi connectivity index (χ0n) is 13.8. The van der Waals surface area contributed by atoms with Crippen LogP contribution in [0.5, 0.6) is 0 Å². The number of carbonyl (C=O) groups is 1. The highest BCUT2D eigenvalue weighted by atomic mass is 35.5. The number of aryl methyl sites for hydroxylation is 1. The summed E-state index contributed by atoms with van der Waals surface area (Å²) in [5.41, 5.74) is 0. The van der Waals surface area contributed by atoms with Gasteiger partial charge in [0.25, 0.3) is 0 Å². The monoisotopic (exact) mass is 349 g/mol. The van der Waals surface area contributed by atoms with Crippen molar-refractivity contribution in [3.63, 3.8) is 0 Å². The number of likely N-dealkylation sites (tertiary alicyclic amines) is 1. The Labute approximate surface area is 145 Å². The minimum atomic E-state index is -0.104. The van der Waals surface area contributed by atoms with Crippen LogP contribution in [0.15, 0.2) is 22.9 Å². The molecular formula is C16H20ClN5O2. The van der Waals surface area contributed by atoms with Gasteiger partial charge < -0.3 is 14.3 Å². The van der Waals surface area contributed by atoms with Gasteiger partial charge in [-0.2, -0.15) is 4.98 Å². The van der Waals surface area contributed by atoms with Crippen molar-refractivity contribution in [1.29, 1.82) is 0 Å². The molecule has 0 aromatic carbocycles. The predicted octanol–water partition coefficient (Wildman–Crippen LogP) is 2.48. The fourth-order valence-electron chi connectivity index (χ4n) is 2.85. The zero-order chi connectivity index (χ0) is 17.1. The van der Waals surface area contributed by atoms with Gasteiger partial charge in [-0.05, 0) is 25.0 Å². The molecule has 0 N–H and O–H groups in total. The number of amides is 1. The topological polar surface area (TPSA) is 75.4 Å². The summed E-state index contributed by atoms with van der Waals surface area (Å²) in [6.07, 6.45) is 4.06. The molecule has 8 heteroatoms. The lowest BCUT2D eigenvalue weighted by Crippen LogP contribution is -2.39. The van der Waals surface area contributed by atoms with Crippen LogP contribution < -0.4 is 4.90 Å². The van der Waals surface area contributed by atoms with Crippen molar-refractivity contribution in [2.75, 3.05) is 25.0 Å². The van der Waals surface area contributed by atoms with Gasteiger partial charge in [0.2, 0.25) is 11.8 Å². The zero-order valence-corrected chi connectivity index (χ0v) is 14.5. The maximum atomic E-state index is 12.7. The van der Waals surface area contributed by atoms with Crippen molar-refractivity contribution in [2.24, 2.45) is 0 Å². The number of nitrogens with zero attached hydrogens (tertiary/aromatic N) is 5. The van der Waals surface area contributed by atoms with E-state index in [1.54, 1.807) is 18.3 Å². The Morgan fingerprint density at radius 3 is 3.00 bits per heavy atom. The molecule has 1 aliphatic rings. The van der Waals surface area contributed by atoms with Gasteiger partial charge in [-0.25, -0.2) is 4.98 Å². The van der Waals surface area contributed by atoms with E-state index in [-0.39, 0.29) is 18.5 Å². The Balaban J connectivity index is 1.68. The van der Waals surface area contributed by atoms with Gasteiger partial charge in [-0.3, -0.25) is 4.79 Å². The third-order valence-electron chi connectivity index (χ3n) is 4.13. The number of aromatic nitrogens is 3. The van der Waals surface area contributed by atoms with Gasteiger partial charge in [0.1, 0.15) is 5.82 Å². The molecule has 0 bridgehead atoms. The molecule has 1 saturated heterocycles. The average molecular weight is 350 g/mol. The van der Waals surface area contributed by atoms with Crippen LogP contribution in [0.1, 0.15) is 37.5 Å². The maximum Gasteiger partial charge on any atom is 0.242 e. The minimum Gasteiger partial charge on any atom is -0.350 e. The number of anilines is 1. The van der Waals surface area contributed by atoms with E-state index in [1.807, 2.05) is 23.8 Å². The first-order chi connectivity index (χ1) is 11.6. The average Bonchev–Trinajstić information content (AvgIpc) is 3.24. The maximum absolute atomic E-state index is 12.7. The first-order valence-corrected chi connectivity index (χ1v) is 8.41. The SMILES string of the molecule is CCc1nc([C@H]2CCCN2C(=O)CN(C)c2ccc(Cl)cn2)no1. The molecule has 0 spiro atoms. The molecule has 1 aliphatic heterocycles. The Morgan fingerprint density at radius 2 is 2.33 bits per heavy atom. The lowest BCUT2D eigenvalue weighted by Gasteiger charge is -2.25. The third-order valence-corrected chi connectivity index (χ3v) is 4.36. The minimum absolute atomic E-state index is 0.0274. The van der Waals surface area contributed by atoms with E-state index in [0.717, 1.165) is 12.8 Å². The van der Waals surface area contributed by atoms with Crippen molar-refractivity contribution < 1.29 is 9.32 Å². The number of rotatable bonds is 5. The van der Waals surface area contributed by atoms with Crippen LogP contribution in [0, 0.1) is 0 Å². The fraction of sp³-hybridized carbons (Fsp3) is 0.500. The molecule has 3 rings (SSSR count). The van der Waals surface area contributed by atoms with E-state index in [9.17, 15) is 4.79 Å². The highest BCUT2D eigenvalue weighted by Gasteiger charge is 2.33. The van der Waals surface area contributed by atoms with Crippen molar-refractivity contribution in [3.05, 3.63) is 35.1 Å². The molecule has 0 unspecified atom stereocenters. The molecule has 2 aromatic heterocycles. The van der Waals surface area contributed by atoms with E-state index in [1.165, 1.54) is 0 Å². The second-order valence-corrected chi connectivity index (χ2v) is 6.27. The molecule has 0 saturated carbocycles. The van der Waals surface area contributed by atoms with Gasteiger partial charge in [-0.1, -0.05) is 23.7 Å². The molecular weight excluding hydrogens is 330 g/mol. The summed E-state index contributed by atoms with van der Waals surface area (Å²) < 4.78 is 5.18. The molecule has 128 valence electrons. The third kappa shape index (κ3) is 3.51. The molecule has 0 aliphatic carbocycles. The summed E-state index contributed by atoms with van der Waals surface area (Å²) in [4.78, 5) is 24.9. The quantitative estimate of drug-likeness (QED) is 0.825. The van der Waals surface area contributed by atoms with Gasteiger partial charge in [0.15, 0.2) is 5.82 Å². The lowest BCUT2D eigenvalue weighted by molar-refractivity contribution is -0.130. The lowest BCUT2D eigenvalue weighted by atomic mass is 10.2. The number of pyridine rings is 1. The molecule has 24 heavy (non-hydrogen) atoms. The largest absolute Gasteiger partial charge is 0.350 e. The van der Waals surface area contributed by atoms with Crippen molar-refractivity contribution in [1.82, 2.24) is 20.0 Å². The summed E-state index contributed by atoms with van der Waals surface area (Å²) in [5, 5.41) is 4.60. The van der Waals surface area contributed by atoms with E-state index in [2.05, 4.69) is 15.1 Å². The van der Waals surface area contributed by atoms with Crippen LogP contribution in [-0.4, -0.2) is 46.1 Å². The summed E-state index contributed by atoms with van der Waals surface area (Å²) in [6, 6.07) is 3.45. The van der Waals surface area contributed by atoms with E-state index >= 15 is 0 Å². The summed E-state index contributed by atoms with van der Waals surface area (Å²) in [5.74, 6) is 1.94. The Kier molecular flexibility index (Phi) is 4.99. The number of hydrogen-bond donors (Lipinski definition) is 0. The molecule has 0 radical (unpaired) electrons. The van der Waals surface area contributed by atoms with E-state index in [4.69, 9.17) is 16.1 Å². The molecule has 7 nitrogen and oxygen atoms in total. The second kappa shape index (κ2) is 7.17. The number of carbonyl (C=O) groups excluding carboxylic acids is 1. The van der Waals surface area contributed by atoms with Gasteiger partial charge in [0.05, 0.1) is 17.6 Å². The van der Waals surface area contributed by atoms with Crippen LogP contribution in [0.2, 0.25) is 5.02 Å². The smallest absolute Gasteiger partial charge is 0.242 e. The summed E-state index contributed by atoms with van der Waals surface area (Å²) in [7, 11) is 1.84. The predicted molar refractivity (Wildman–Crippen MR) is 89.9 cm³/mol. The Hall–Kier alpha value is -2.15. The van der Waals surface area contributed by atoms with Gasteiger partial charge in [-0.15, -0.1) is 0 Å². The summed E-state index contributed by atoms with van der Waals surface area (Å²) in [6.45, 7) is 2.91. The standard InChI is InChI=1S/C16H20ClN5O2/c1-3-14-19-16(20-24-14)12-5-4-8-22(12)15(23)10-21(2)13-7-6-11(17)9-18-13/h6-7,9,12H,3-5,8,10H2,1-2H3/t12-/m1/s1. The number of likely N-dealkylation sites (N-methyl/N-ethyl adjacent to an activating group) is 1. The normalized spacial score (nSPS) is 17.3. The second-order valence-electron chi connectivity index (χ2n) is 5.84. The molecule has 3 heterocycles. The fourth-order valence-corrected chi connectivity index (χ4v) is 2.96. The number of hydrogen-bond acceptors (Lipinski definition) is 6. The van der Waals surface area contributed by atoms with E-state index in [0.29, 0.717) is 35.5 Å². The highest BCUT2D eigenvalue weighted by Crippen LogP contribution is 2.30. The van der Waals surface area contributed by atoms with Gasteiger partial charge >= 0.3 is 0 Å². The van der Waals surface area contributed by atoms with Crippen LogP contribution in [0.4, 0.5) is 5.82 Å². The number of halogens is 1. The molecule has 1 atom stereocenters. The van der Waals surface area contributed by atoms with Crippen LogP contribution in [0.25, 0.3) is 0 Å². The Morgan fingerprint density at radius 1 is 1.50 bits per heavy atom. The first kappa shape index (κ1) is 16.7. The van der Waals surface area contributed by atoms with Crippen molar-refractivity contribution >= 4 is 23.3 Å². The van der Waals surface area contributed by atoms with Crippen molar-refractivity contribution in [2.45, 2.75) is 32.2 Å². The van der Waals surface area contributed by atoms with Crippen LogP contribution in [-0.2, 0) is 11.2 Å². The van der Waals surface area contributed by atoms with Crippen LogP contribution in [0.3, 0.4) is 0 Å². The Bertz CT molecular complexity index is 703.